The van der Waals surface area contributed by atoms with Crippen LogP contribution in [0.3, 0.4) is 0 Å². The zero-order valence-electron chi connectivity index (χ0n) is 18.1. The lowest BCUT2D eigenvalue weighted by atomic mass is 10.1. The molecule has 7 nitrogen and oxygen atoms in total. The second-order valence-electron chi connectivity index (χ2n) is 7.56. The van der Waals surface area contributed by atoms with E-state index in [0.29, 0.717) is 41.1 Å². The molecule has 0 aliphatic rings. The van der Waals surface area contributed by atoms with Crippen LogP contribution in [0.25, 0.3) is 10.9 Å². The van der Waals surface area contributed by atoms with Gasteiger partial charge in [-0.2, -0.15) is 0 Å². The number of nitrogens with zero attached hydrogens (tertiary/aromatic N) is 4. The molecule has 0 aliphatic carbocycles. The first-order valence-electron chi connectivity index (χ1n) is 9.89. The first-order chi connectivity index (χ1) is 14.3. The third kappa shape index (κ3) is 4.36. The largest absolute Gasteiger partial charge is 0.497 e. The zero-order chi connectivity index (χ0) is 21.8. The standard InChI is InChI=1S/C23H28N4O3/c1-16(21-24-20-12-7-6-11-19(20)23(29)26(21)4)27(14-13-25(2)3)22(28)17-9-8-10-18(15-17)30-5/h6-12,15-16H,13-14H2,1-5H3. The fourth-order valence-electron chi connectivity index (χ4n) is 3.45. The van der Waals surface area contributed by atoms with Gasteiger partial charge >= 0.3 is 0 Å². The van der Waals surface area contributed by atoms with E-state index in [4.69, 9.17) is 9.72 Å². The zero-order valence-corrected chi connectivity index (χ0v) is 18.1. The SMILES string of the molecule is COc1cccc(C(=O)N(CCN(C)C)C(C)c2nc3ccccc3c(=O)n2C)c1. The highest BCUT2D eigenvalue weighted by molar-refractivity contribution is 5.95. The average Bonchev–Trinajstić information content (AvgIpc) is 2.75. The molecule has 0 radical (unpaired) electrons. The summed E-state index contributed by atoms with van der Waals surface area (Å²) in [5, 5.41) is 0.565. The minimum Gasteiger partial charge on any atom is -0.497 e. The maximum absolute atomic E-state index is 13.4. The first-order valence-corrected chi connectivity index (χ1v) is 9.89. The van der Waals surface area contributed by atoms with Gasteiger partial charge in [-0.15, -0.1) is 0 Å². The molecule has 1 unspecified atom stereocenters. The minimum atomic E-state index is -0.397. The van der Waals surface area contributed by atoms with E-state index in [1.807, 2.05) is 44.1 Å². The van der Waals surface area contributed by atoms with Crippen molar-refractivity contribution in [1.29, 1.82) is 0 Å². The number of benzene rings is 2. The molecular weight excluding hydrogens is 380 g/mol. The van der Waals surface area contributed by atoms with Crippen LogP contribution in [-0.4, -0.2) is 59.6 Å². The normalized spacial score (nSPS) is 12.2. The molecule has 1 amide bonds. The Bertz CT molecular complexity index is 1110. The van der Waals surface area contributed by atoms with Gasteiger partial charge in [0.1, 0.15) is 11.6 Å². The molecule has 7 heteroatoms. The van der Waals surface area contributed by atoms with E-state index in [1.165, 1.54) is 4.57 Å². The predicted molar refractivity (Wildman–Crippen MR) is 118 cm³/mol. The molecule has 0 saturated carbocycles. The van der Waals surface area contributed by atoms with Crippen molar-refractivity contribution in [1.82, 2.24) is 19.4 Å². The van der Waals surface area contributed by atoms with E-state index in [9.17, 15) is 9.59 Å². The van der Waals surface area contributed by atoms with Crippen molar-refractivity contribution in [2.24, 2.45) is 7.05 Å². The first kappa shape index (κ1) is 21.5. The molecule has 2 aromatic carbocycles. The van der Waals surface area contributed by atoms with Gasteiger partial charge in [0, 0.05) is 25.7 Å². The fraction of sp³-hybridized carbons (Fsp3) is 0.348. The molecule has 1 atom stereocenters. The number of rotatable bonds is 7. The monoisotopic (exact) mass is 408 g/mol. The average molecular weight is 409 g/mol. The second kappa shape index (κ2) is 9.09. The van der Waals surface area contributed by atoms with Crippen LogP contribution in [0.15, 0.2) is 53.3 Å². The van der Waals surface area contributed by atoms with Gasteiger partial charge in [0.15, 0.2) is 0 Å². The second-order valence-corrected chi connectivity index (χ2v) is 7.56. The van der Waals surface area contributed by atoms with E-state index in [0.717, 1.165) is 0 Å². The smallest absolute Gasteiger partial charge is 0.261 e. The Kier molecular flexibility index (Phi) is 6.52. The molecule has 3 rings (SSSR count). The summed E-state index contributed by atoms with van der Waals surface area (Å²) in [4.78, 5) is 34.8. The Morgan fingerprint density at radius 2 is 1.87 bits per heavy atom. The molecular formula is C23H28N4O3. The summed E-state index contributed by atoms with van der Waals surface area (Å²) in [5.74, 6) is 1.04. The molecule has 1 aromatic heterocycles. The summed E-state index contributed by atoms with van der Waals surface area (Å²) in [7, 11) is 7.20. The molecule has 0 fully saturated rings. The number of hydrogen-bond donors (Lipinski definition) is 0. The summed E-state index contributed by atoms with van der Waals surface area (Å²) < 4.78 is 6.81. The Morgan fingerprint density at radius 3 is 2.57 bits per heavy atom. The van der Waals surface area contributed by atoms with E-state index in [-0.39, 0.29) is 11.5 Å². The Labute approximate surface area is 176 Å². The summed E-state index contributed by atoms with van der Waals surface area (Å²) >= 11 is 0. The Hall–Kier alpha value is -3.19. The van der Waals surface area contributed by atoms with Crippen LogP contribution < -0.4 is 10.3 Å². The van der Waals surface area contributed by atoms with E-state index in [2.05, 4.69) is 0 Å². The van der Waals surface area contributed by atoms with Gasteiger partial charge < -0.3 is 14.5 Å². The summed E-state index contributed by atoms with van der Waals surface area (Å²) in [6, 6.07) is 14.0. The number of carbonyl (C=O) groups is 1. The molecule has 0 saturated heterocycles. The van der Waals surface area contributed by atoms with Gasteiger partial charge in [0.05, 0.1) is 24.1 Å². The molecule has 3 aromatic rings. The van der Waals surface area contributed by atoms with Crippen molar-refractivity contribution in [3.05, 3.63) is 70.3 Å². The van der Waals surface area contributed by atoms with Crippen LogP contribution in [0.5, 0.6) is 5.75 Å². The molecule has 0 N–H and O–H groups in total. The molecule has 1 heterocycles. The molecule has 158 valence electrons. The van der Waals surface area contributed by atoms with Crippen molar-refractivity contribution in [2.75, 3.05) is 34.3 Å². The number of ether oxygens (including phenoxy) is 1. The van der Waals surface area contributed by atoms with Gasteiger partial charge in [-0.1, -0.05) is 18.2 Å². The number of likely N-dealkylation sites (N-methyl/N-ethyl adjacent to an activating group) is 1. The highest BCUT2D eigenvalue weighted by Gasteiger charge is 2.26. The van der Waals surface area contributed by atoms with Crippen molar-refractivity contribution >= 4 is 16.8 Å². The Balaban J connectivity index is 2.05. The van der Waals surface area contributed by atoms with Crippen LogP contribution in [0.1, 0.15) is 29.1 Å². The van der Waals surface area contributed by atoms with Gasteiger partial charge in [0.25, 0.3) is 11.5 Å². The highest BCUT2D eigenvalue weighted by Crippen LogP contribution is 2.23. The van der Waals surface area contributed by atoms with Crippen LogP contribution in [0.4, 0.5) is 0 Å². The van der Waals surface area contributed by atoms with E-state index >= 15 is 0 Å². The fourth-order valence-corrected chi connectivity index (χ4v) is 3.45. The summed E-state index contributed by atoms with van der Waals surface area (Å²) in [5.41, 5.74) is 1.04. The van der Waals surface area contributed by atoms with Crippen molar-refractivity contribution in [3.8, 4) is 5.75 Å². The van der Waals surface area contributed by atoms with Crippen molar-refractivity contribution in [3.63, 3.8) is 0 Å². The summed E-state index contributed by atoms with van der Waals surface area (Å²) in [6.07, 6.45) is 0. The highest BCUT2D eigenvalue weighted by atomic mass is 16.5. The predicted octanol–water partition coefficient (Wildman–Crippen LogP) is 2.71. The van der Waals surface area contributed by atoms with Crippen molar-refractivity contribution in [2.45, 2.75) is 13.0 Å². The number of aromatic nitrogens is 2. The third-order valence-electron chi connectivity index (χ3n) is 5.22. The topological polar surface area (TPSA) is 67.7 Å². The maximum atomic E-state index is 13.4. The number of fused-ring (bicyclic) bond motifs is 1. The van der Waals surface area contributed by atoms with Crippen LogP contribution >= 0.6 is 0 Å². The number of para-hydroxylation sites is 1. The molecule has 0 aliphatic heterocycles. The minimum absolute atomic E-state index is 0.121. The lowest BCUT2D eigenvalue weighted by Crippen LogP contribution is -2.40. The molecule has 30 heavy (non-hydrogen) atoms. The van der Waals surface area contributed by atoms with Crippen LogP contribution in [0.2, 0.25) is 0 Å². The number of hydrogen-bond acceptors (Lipinski definition) is 5. The third-order valence-corrected chi connectivity index (χ3v) is 5.22. The van der Waals surface area contributed by atoms with Crippen molar-refractivity contribution < 1.29 is 9.53 Å². The van der Waals surface area contributed by atoms with Gasteiger partial charge in [-0.25, -0.2) is 4.98 Å². The van der Waals surface area contributed by atoms with Gasteiger partial charge in [0.2, 0.25) is 0 Å². The number of carbonyl (C=O) groups excluding carboxylic acids is 1. The van der Waals surface area contributed by atoms with Gasteiger partial charge in [-0.05, 0) is 51.4 Å². The lowest BCUT2D eigenvalue weighted by molar-refractivity contribution is 0.0665. The molecule has 0 spiro atoms. The van der Waals surface area contributed by atoms with E-state index < -0.39 is 6.04 Å². The Morgan fingerprint density at radius 1 is 1.13 bits per heavy atom. The van der Waals surface area contributed by atoms with Crippen LogP contribution in [0, 0.1) is 0 Å². The van der Waals surface area contributed by atoms with Crippen LogP contribution in [-0.2, 0) is 7.05 Å². The number of amides is 1. The number of methoxy groups -OCH3 is 1. The van der Waals surface area contributed by atoms with Gasteiger partial charge in [-0.3, -0.25) is 14.2 Å². The lowest BCUT2D eigenvalue weighted by Gasteiger charge is -2.31. The maximum Gasteiger partial charge on any atom is 0.261 e. The quantitative estimate of drug-likeness (QED) is 0.601. The summed E-state index contributed by atoms with van der Waals surface area (Å²) in [6.45, 7) is 3.08. The molecule has 0 bridgehead atoms. The van der Waals surface area contributed by atoms with E-state index in [1.54, 1.807) is 49.4 Å².